The number of nitrogens with one attached hydrogen (secondary N) is 2. The van der Waals surface area contributed by atoms with Crippen LogP contribution in [0.4, 0.5) is 10.1 Å². The van der Waals surface area contributed by atoms with Gasteiger partial charge in [-0.25, -0.2) is 9.38 Å². The number of anilines is 1. The van der Waals surface area contributed by atoms with E-state index in [4.69, 9.17) is 14.5 Å². The Balaban J connectivity index is 0.00000341. The molecule has 0 spiro atoms. The average Bonchev–Trinajstić information content (AvgIpc) is 2.78. The summed E-state index contributed by atoms with van der Waals surface area (Å²) in [4.78, 5) is 7.09. The molecular weight excluding hydrogens is 510 g/mol. The minimum absolute atomic E-state index is 0. The van der Waals surface area contributed by atoms with Gasteiger partial charge in [0.25, 0.3) is 0 Å². The highest BCUT2D eigenvalue weighted by Gasteiger charge is 2.14. The Morgan fingerprint density at radius 1 is 1.13 bits per heavy atom. The standard InChI is InChI=1S/C23H31FN4O2.HI/c1-3-25-23(26-16-18(2)30-22-11-7-5-9-20(22)24)27-17-19-8-4-6-10-21(19)28-12-14-29-15-13-28;/h4-11,18H,3,12-17H2,1-2H3,(H2,25,26,27);1H. The Kier molecular flexibility index (Phi) is 10.9. The molecule has 1 atom stereocenters. The molecule has 2 N–H and O–H groups in total. The summed E-state index contributed by atoms with van der Waals surface area (Å²) < 4.78 is 24.9. The van der Waals surface area contributed by atoms with Gasteiger partial charge in [0, 0.05) is 25.3 Å². The van der Waals surface area contributed by atoms with Crippen molar-refractivity contribution < 1.29 is 13.9 Å². The number of hydrogen-bond donors (Lipinski definition) is 2. The second-order valence-electron chi connectivity index (χ2n) is 7.16. The molecule has 0 amide bonds. The maximum absolute atomic E-state index is 13.8. The largest absolute Gasteiger partial charge is 0.486 e. The first kappa shape index (κ1) is 25.2. The van der Waals surface area contributed by atoms with Crippen LogP contribution in [-0.4, -0.2) is 51.5 Å². The molecule has 2 aromatic carbocycles. The van der Waals surface area contributed by atoms with Crippen LogP contribution in [0.25, 0.3) is 0 Å². The zero-order chi connectivity index (χ0) is 21.2. The number of aliphatic imine (C=N–C) groups is 1. The summed E-state index contributed by atoms with van der Waals surface area (Å²) in [5.41, 5.74) is 2.38. The number of rotatable bonds is 8. The molecule has 170 valence electrons. The second kappa shape index (κ2) is 13.4. The summed E-state index contributed by atoms with van der Waals surface area (Å²) in [6, 6.07) is 14.8. The fraction of sp³-hybridized carbons (Fsp3) is 0.435. The Hall–Kier alpha value is -2.07. The van der Waals surface area contributed by atoms with Gasteiger partial charge in [-0.2, -0.15) is 0 Å². The van der Waals surface area contributed by atoms with Gasteiger partial charge in [0.2, 0.25) is 0 Å². The predicted molar refractivity (Wildman–Crippen MR) is 134 cm³/mol. The summed E-state index contributed by atoms with van der Waals surface area (Å²) in [6.45, 7) is 9.03. The lowest BCUT2D eigenvalue weighted by Gasteiger charge is -2.30. The normalized spacial score (nSPS) is 15.1. The number of morpholine rings is 1. The van der Waals surface area contributed by atoms with Crippen LogP contribution in [0.3, 0.4) is 0 Å². The van der Waals surface area contributed by atoms with Crippen molar-refractivity contribution in [2.24, 2.45) is 4.99 Å². The van der Waals surface area contributed by atoms with E-state index < -0.39 is 0 Å². The third-order valence-electron chi connectivity index (χ3n) is 4.82. The molecule has 8 heteroatoms. The van der Waals surface area contributed by atoms with Crippen molar-refractivity contribution >= 4 is 35.6 Å². The van der Waals surface area contributed by atoms with Gasteiger partial charge in [0.1, 0.15) is 6.10 Å². The van der Waals surface area contributed by atoms with E-state index in [0.717, 1.165) is 32.8 Å². The summed E-state index contributed by atoms with van der Waals surface area (Å²) in [5, 5.41) is 6.55. The van der Waals surface area contributed by atoms with Crippen molar-refractivity contribution in [2.75, 3.05) is 44.3 Å². The van der Waals surface area contributed by atoms with Crippen molar-refractivity contribution in [3.63, 3.8) is 0 Å². The van der Waals surface area contributed by atoms with Gasteiger partial charge < -0.3 is 25.0 Å². The molecule has 1 unspecified atom stereocenters. The zero-order valence-electron chi connectivity index (χ0n) is 18.1. The van der Waals surface area contributed by atoms with Crippen LogP contribution in [0.1, 0.15) is 19.4 Å². The number of halogens is 2. The molecular formula is C23H32FIN4O2. The third kappa shape index (κ3) is 7.84. The van der Waals surface area contributed by atoms with E-state index in [1.807, 2.05) is 19.9 Å². The van der Waals surface area contributed by atoms with E-state index in [1.54, 1.807) is 18.2 Å². The molecule has 0 bridgehead atoms. The van der Waals surface area contributed by atoms with Crippen LogP contribution in [0.15, 0.2) is 53.5 Å². The van der Waals surface area contributed by atoms with Crippen LogP contribution in [0.5, 0.6) is 5.75 Å². The summed E-state index contributed by atoms with van der Waals surface area (Å²) >= 11 is 0. The van der Waals surface area contributed by atoms with Crippen LogP contribution in [0.2, 0.25) is 0 Å². The fourth-order valence-electron chi connectivity index (χ4n) is 3.30. The Bertz CT molecular complexity index is 831. The van der Waals surface area contributed by atoms with Crippen molar-refractivity contribution in [1.82, 2.24) is 10.6 Å². The van der Waals surface area contributed by atoms with E-state index in [-0.39, 0.29) is 41.6 Å². The predicted octanol–water partition coefficient (Wildman–Crippen LogP) is 3.80. The van der Waals surface area contributed by atoms with Crippen LogP contribution >= 0.6 is 24.0 Å². The number of ether oxygens (including phenoxy) is 2. The number of hydrogen-bond acceptors (Lipinski definition) is 4. The molecule has 6 nitrogen and oxygen atoms in total. The van der Waals surface area contributed by atoms with Crippen LogP contribution in [-0.2, 0) is 11.3 Å². The van der Waals surface area contributed by atoms with E-state index in [9.17, 15) is 4.39 Å². The van der Waals surface area contributed by atoms with Crippen molar-refractivity contribution in [1.29, 1.82) is 0 Å². The van der Waals surface area contributed by atoms with Gasteiger partial charge in [-0.1, -0.05) is 30.3 Å². The maximum Gasteiger partial charge on any atom is 0.191 e. The summed E-state index contributed by atoms with van der Waals surface area (Å²) in [7, 11) is 0. The summed E-state index contributed by atoms with van der Waals surface area (Å²) in [6.07, 6.45) is -0.216. The quantitative estimate of drug-likeness (QED) is 0.302. The molecule has 1 saturated heterocycles. The number of benzene rings is 2. The topological polar surface area (TPSA) is 58.1 Å². The molecule has 0 radical (unpaired) electrons. The summed E-state index contributed by atoms with van der Waals surface area (Å²) in [5.74, 6) is 0.607. The molecule has 3 rings (SSSR count). The van der Waals surface area contributed by atoms with Crippen molar-refractivity contribution in [2.45, 2.75) is 26.5 Å². The van der Waals surface area contributed by atoms with Gasteiger partial charge in [-0.3, -0.25) is 0 Å². The first-order chi connectivity index (χ1) is 14.7. The molecule has 2 aromatic rings. The molecule has 1 fully saturated rings. The van der Waals surface area contributed by atoms with E-state index in [2.05, 4.69) is 33.7 Å². The molecule has 1 aliphatic heterocycles. The van der Waals surface area contributed by atoms with Crippen LogP contribution in [0, 0.1) is 5.82 Å². The molecule has 0 saturated carbocycles. The van der Waals surface area contributed by atoms with Crippen LogP contribution < -0.4 is 20.3 Å². The van der Waals surface area contributed by atoms with Gasteiger partial charge >= 0.3 is 0 Å². The van der Waals surface area contributed by atoms with Gasteiger partial charge in [-0.05, 0) is 37.6 Å². The highest BCUT2D eigenvalue weighted by Crippen LogP contribution is 2.22. The number of nitrogens with zero attached hydrogens (tertiary/aromatic N) is 2. The van der Waals surface area contributed by atoms with Gasteiger partial charge in [0.05, 0.1) is 26.3 Å². The zero-order valence-corrected chi connectivity index (χ0v) is 20.5. The minimum atomic E-state index is -0.357. The minimum Gasteiger partial charge on any atom is -0.486 e. The fourth-order valence-corrected chi connectivity index (χ4v) is 3.30. The monoisotopic (exact) mass is 542 g/mol. The lowest BCUT2D eigenvalue weighted by atomic mass is 10.1. The smallest absolute Gasteiger partial charge is 0.191 e. The highest BCUT2D eigenvalue weighted by molar-refractivity contribution is 14.0. The molecule has 0 aromatic heterocycles. The first-order valence-corrected chi connectivity index (χ1v) is 10.5. The Labute approximate surface area is 201 Å². The molecule has 0 aliphatic carbocycles. The average molecular weight is 542 g/mol. The second-order valence-corrected chi connectivity index (χ2v) is 7.16. The molecule has 1 heterocycles. The molecule has 1 aliphatic rings. The number of para-hydroxylation sites is 2. The SMILES string of the molecule is CCNC(=NCc1ccccc1N1CCOCC1)NCC(C)Oc1ccccc1F.I. The Morgan fingerprint density at radius 3 is 2.58 bits per heavy atom. The van der Waals surface area contributed by atoms with E-state index in [1.165, 1.54) is 17.3 Å². The first-order valence-electron chi connectivity index (χ1n) is 10.5. The van der Waals surface area contributed by atoms with Gasteiger partial charge in [-0.15, -0.1) is 24.0 Å². The van der Waals surface area contributed by atoms with Gasteiger partial charge in [0.15, 0.2) is 17.5 Å². The lowest BCUT2D eigenvalue weighted by molar-refractivity contribution is 0.122. The number of guanidine groups is 1. The van der Waals surface area contributed by atoms with Crippen molar-refractivity contribution in [3.05, 3.63) is 59.9 Å². The van der Waals surface area contributed by atoms with E-state index >= 15 is 0 Å². The maximum atomic E-state index is 13.8. The lowest BCUT2D eigenvalue weighted by Crippen LogP contribution is -2.42. The molecule has 31 heavy (non-hydrogen) atoms. The third-order valence-corrected chi connectivity index (χ3v) is 4.82. The highest BCUT2D eigenvalue weighted by atomic mass is 127. The Morgan fingerprint density at radius 2 is 1.84 bits per heavy atom. The van der Waals surface area contributed by atoms with Crippen molar-refractivity contribution in [3.8, 4) is 5.75 Å². The van der Waals surface area contributed by atoms with E-state index in [0.29, 0.717) is 19.0 Å².